The maximum Gasteiger partial charge on any atom is -0.0206 e. The Morgan fingerprint density at radius 3 is 2.00 bits per heavy atom. The second kappa shape index (κ2) is 6.78. The van der Waals surface area contributed by atoms with E-state index in [1.54, 1.807) is 5.57 Å². The Morgan fingerprint density at radius 2 is 1.44 bits per heavy atom. The van der Waals surface area contributed by atoms with E-state index in [1.165, 1.54) is 64.2 Å². The smallest absolute Gasteiger partial charge is 0.0206 e. The minimum absolute atomic E-state index is 0.868. The van der Waals surface area contributed by atoms with Gasteiger partial charge in [-0.3, -0.25) is 0 Å². The van der Waals surface area contributed by atoms with Gasteiger partial charge in [-0.1, -0.05) is 45.3 Å². The summed E-state index contributed by atoms with van der Waals surface area (Å²) in [6, 6.07) is 0. The molecule has 18 heavy (non-hydrogen) atoms. The quantitative estimate of drug-likeness (QED) is 0.537. The van der Waals surface area contributed by atoms with Crippen molar-refractivity contribution in [2.75, 3.05) is 0 Å². The van der Waals surface area contributed by atoms with Crippen LogP contribution in [0.25, 0.3) is 0 Å². The average Bonchev–Trinajstić information content (AvgIpc) is 2.41. The van der Waals surface area contributed by atoms with Crippen LogP contribution in [0.1, 0.15) is 78.1 Å². The molecule has 0 radical (unpaired) electrons. The molecule has 0 atom stereocenters. The maximum atomic E-state index is 4.44. The molecule has 0 N–H and O–H groups in total. The highest BCUT2D eigenvalue weighted by atomic mass is 14.3. The first-order valence-electron chi connectivity index (χ1n) is 8.36. The van der Waals surface area contributed by atoms with Crippen molar-refractivity contribution in [2.24, 2.45) is 23.7 Å². The van der Waals surface area contributed by atoms with Crippen molar-refractivity contribution >= 4 is 0 Å². The predicted molar refractivity (Wildman–Crippen MR) is 80.6 cm³/mol. The van der Waals surface area contributed by atoms with E-state index in [9.17, 15) is 0 Å². The highest BCUT2D eigenvalue weighted by Gasteiger charge is 2.25. The normalized spacial score (nSPS) is 37.4. The summed E-state index contributed by atoms with van der Waals surface area (Å²) in [5.41, 5.74) is 1.60. The molecule has 2 rings (SSSR count). The van der Waals surface area contributed by atoms with Crippen LogP contribution in [0.15, 0.2) is 12.2 Å². The third-order valence-electron chi connectivity index (χ3n) is 5.69. The number of rotatable bonds is 4. The number of hydrogen-bond acceptors (Lipinski definition) is 0. The Hall–Kier alpha value is -0.260. The van der Waals surface area contributed by atoms with E-state index in [2.05, 4.69) is 20.4 Å². The lowest BCUT2D eigenvalue weighted by molar-refractivity contribution is 0.260. The molecular formula is C18H32. The molecule has 0 bridgehead atoms. The van der Waals surface area contributed by atoms with Gasteiger partial charge in [0.2, 0.25) is 0 Å². The fraction of sp³-hybridized carbons (Fsp3) is 0.889. The third kappa shape index (κ3) is 3.87. The fourth-order valence-electron chi connectivity index (χ4n) is 4.05. The highest BCUT2D eigenvalue weighted by molar-refractivity contribution is 5.03. The predicted octanol–water partition coefficient (Wildman–Crippen LogP) is 5.98. The zero-order valence-electron chi connectivity index (χ0n) is 12.6. The van der Waals surface area contributed by atoms with Crippen LogP contribution < -0.4 is 0 Å². The molecule has 2 fully saturated rings. The largest absolute Gasteiger partial charge is 0.0996 e. The Kier molecular flexibility index (Phi) is 5.33. The van der Waals surface area contributed by atoms with Gasteiger partial charge < -0.3 is 0 Å². The van der Waals surface area contributed by atoms with Crippen molar-refractivity contribution in [2.45, 2.75) is 78.1 Å². The van der Waals surface area contributed by atoms with E-state index in [1.807, 2.05) is 0 Å². The first kappa shape index (κ1) is 14.2. The van der Waals surface area contributed by atoms with E-state index in [0.29, 0.717) is 0 Å². The third-order valence-corrected chi connectivity index (χ3v) is 5.69. The molecule has 0 nitrogen and oxygen atoms in total. The Morgan fingerprint density at radius 1 is 0.889 bits per heavy atom. The number of hydrogen-bond donors (Lipinski definition) is 0. The monoisotopic (exact) mass is 248 g/mol. The molecule has 2 aliphatic carbocycles. The van der Waals surface area contributed by atoms with E-state index in [4.69, 9.17) is 0 Å². The van der Waals surface area contributed by atoms with Gasteiger partial charge in [-0.25, -0.2) is 0 Å². The lowest BCUT2D eigenvalue weighted by Gasteiger charge is -2.32. The van der Waals surface area contributed by atoms with Gasteiger partial charge in [-0.15, -0.1) is 0 Å². The maximum absolute atomic E-state index is 4.44. The van der Waals surface area contributed by atoms with Gasteiger partial charge in [0.25, 0.3) is 0 Å². The Balaban J connectivity index is 1.72. The van der Waals surface area contributed by atoms with Crippen LogP contribution in [-0.4, -0.2) is 0 Å². The van der Waals surface area contributed by atoms with Gasteiger partial charge in [-0.05, 0) is 68.6 Å². The summed E-state index contributed by atoms with van der Waals surface area (Å²) in [6.45, 7) is 9.21. The first-order valence-corrected chi connectivity index (χ1v) is 8.36. The van der Waals surface area contributed by atoms with Crippen molar-refractivity contribution < 1.29 is 0 Å². The first-order chi connectivity index (χ1) is 8.69. The molecule has 0 aromatic rings. The summed E-state index contributed by atoms with van der Waals surface area (Å²) in [7, 11) is 0. The lowest BCUT2D eigenvalue weighted by Crippen LogP contribution is -2.18. The molecule has 104 valence electrons. The van der Waals surface area contributed by atoms with Gasteiger partial charge >= 0.3 is 0 Å². The van der Waals surface area contributed by atoms with Crippen LogP contribution in [0, 0.1) is 23.7 Å². The number of allylic oxidation sites excluding steroid dienone is 1. The van der Waals surface area contributed by atoms with E-state index in [0.717, 1.165) is 23.7 Å². The minimum atomic E-state index is 0.868. The molecule has 0 amide bonds. The molecule has 0 saturated heterocycles. The fourth-order valence-corrected chi connectivity index (χ4v) is 4.05. The minimum Gasteiger partial charge on any atom is -0.0996 e. The van der Waals surface area contributed by atoms with Gasteiger partial charge in [0.15, 0.2) is 0 Å². The van der Waals surface area contributed by atoms with E-state index in [-0.39, 0.29) is 0 Å². The summed E-state index contributed by atoms with van der Waals surface area (Å²) in [6.07, 6.45) is 14.4. The summed E-state index contributed by atoms with van der Waals surface area (Å²) in [5, 5.41) is 0. The van der Waals surface area contributed by atoms with Gasteiger partial charge in [0, 0.05) is 0 Å². The second-order valence-electron chi connectivity index (χ2n) is 7.11. The van der Waals surface area contributed by atoms with Crippen LogP contribution in [-0.2, 0) is 0 Å². The molecule has 0 aromatic heterocycles. The van der Waals surface area contributed by atoms with E-state index >= 15 is 0 Å². The van der Waals surface area contributed by atoms with Crippen LogP contribution in [0.3, 0.4) is 0 Å². The molecular weight excluding hydrogens is 216 g/mol. The average molecular weight is 248 g/mol. The molecule has 0 heteroatoms. The summed E-state index contributed by atoms with van der Waals surface area (Å²) < 4.78 is 0. The van der Waals surface area contributed by atoms with Crippen LogP contribution in [0.2, 0.25) is 0 Å². The summed E-state index contributed by atoms with van der Waals surface area (Å²) >= 11 is 0. The van der Waals surface area contributed by atoms with Crippen molar-refractivity contribution in [1.82, 2.24) is 0 Å². The molecule has 0 aliphatic heterocycles. The molecule has 2 saturated carbocycles. The second-order valence-corrected chi connectivity index (χ2v) is 7.11. The Bertz CT molecular complexity index is 249. The molecule has 0 unspecified atom stereocenters. The van der Waals surface area contributed by atoms with Gasteiger partial charge in [-0.2, -0.15) is 0 Å². The molecule has 0 aromatic carbocycles. The van der Waals surface area contributed by atoms with Crippen molar-refractivity contribution in [3.63, 3.8) is 0 Å². The van der Waals surface area contributed by atoms with Gasteiger partial charge in [0.05, 0.1) is 0 Å². The topological polar surface area (TPSA) is 0 Å². The van der Waals surface area contributed by atoms with Crippen molar-refractivity contribution in [1.29, 1.82) is 0 Å². The molecule has 0 heterocycles. The van der Waals surface area contributed by atoms with Crippen LogP contribution >= 0.6 is 0 Å². The van der Waals surface area contributed by atoms with Crippen molar-refractivity contribution in [3.05, 3.63) is 12.2 Å². The SMILES string of the molecule is C=C(CC1CCC(C)CC1)C1CCC(CC)CC1. The zero-order chi connectivity index (χ0) is 13.0. The summed E-state index contributed by atoms with van der Waals surface area (Å²) in [5.74, 6) is 3.84. The summed E-state index contributed by atoms with van der Waals surface area (Å²) in [4.78, 5) is 0. The standard InChI is InChI=1S/C18H32/c1-4-16-9-11-18(12-10-16)15(3)13-17-7-5-14(2)6-8-17/h14,16-18H,3-13H2,1-2H3. The van der Waals surface area contributed by atoms with Gasteiger partial charge in [0.1, 0.15) is 0 Å². The van der Waals surface area contributed by atoms with Crippen LogP contribution in [0.5, 0.6) is 0 Å². The van der Waals surface area contributed by atoms with Crippen molar-refractivity contribution in [3.8, 4) is 0 Å². The van der Waals surface area contributed by atoms with E-state index < -0.39 is 0 Å². The lowest BCUT2D eigenvalue weighted by atomic mass is 9.73. The zero-order valence-corrected chi connectivity index (χ0v) is 12.6. The molecule has 2 aliphatic rings. The molecule has 0 spiro atoms. The highest BCUT2D eigenvalue weighted by Crippen LogP contribution is 2.39. The van der Waals surface area contributed by atoms with Crippen LogP contribution in [0.4, 0.5) is 0 Å². The Labute approximate surface area is 114 Å².